The summed E-state index contributed by atoms with van der Waals surface area (Å²) in [5.74, 6) is -0.661. The molecule has 8 heteroatoms. The fourth-order valence-corrected chi connectivity index (χ4v) is 5.21. The fraction of sp³-hybridized carbons (Fsp3) is 0.600. The number of esters is 2. The molecule has 0 aliphatic carbocycles. The maximum Gasteiger partial charge on any atom is 0.361 e. The molecule has 1 rings (SSSR count). The van der Waals surface area contributed by atoms with Gasteiger partial charge >= 0.3 is 19.5 Å². The summed E-state index contributed by atoms with van der Waals surface area (Å²) in [6, 6.07) is 9.16. The van der Waals surface area contributed by atoms with Gasteiger partial charge in [-0.05, 0) is 51.7 Å². The van der Waals surface area contributed by atoms with Crippen LogP contribution in [-0.2, 0) is 32.7 Å². The van der Waals surface area contributed by atoms with Crippen LogP contribution in [0.15, 0.2) is 54.6 Å². The normalized spacial score (nSPS) is 11.2. The lowest BCUT2D eigenvalue weighted by Crippen LogP contribution is -2.11. The van der Waals surface area contributed by atoms with E-state index in [0.29, 0.717) is 42.9 Å². The molecule has 0 aliphatic heterocycles. The maximum absolute atomic E-state index is 13.5. The van der Waals surface area contributed by atoms with Gasteiger partial charge in [-0.15, -0.1) is 0 Å². The third kappa shape index (κ3) is 15.9. The van der Waals surface area contributed by atoms with Gasteiger partial charge in [0.1, 0.15) is 0 Å². The molecule has 0 heterocycles. The molecule has 0 N–H and O–H groups in total. The Morgan fingerprint density at radius 1 is 0.605 bits per heavy atom. The van der Waals surface area contributed by atoms with E-state index in [-0.39, 0.29) is 11.9 Å². The van der Waals surface area contributed by atoms with Crippen molar-refractivity contribution in [3.63, 3.8) is 0 Å². The number of carbonyl (C=O) groups is 2. The van der Waals surface area contributed by atoms with Gasteiger partial charge in [0.2, 0.25) is 0 Å². The van der Waals surface area contributed by atoms with Crippen molar-refractivity contribution < 1.29 is 32.7 Å². The Labute approximate surface area is 229 Å². The van der Waals surface area contributed by atoms with Crippen LogP contribution in [0.4, 0.5) is 0 Å². The van der Waals surface area contributed by atoms with E-state index in [1.807, 2.05) is 18.2 Å². The van der Waals surface area contributed by atoms with Crippen molar-refractivity contribution in [3.8, 4) is 0 Å². The second kappa shape index (κ2) is 20.7. The predicted octanol–water partition coefficient (Wildman–Crippen LogP) is 7.46. The Balaban J connectivity index is 2.20. The van der Waals surface area contributed by atoms with E-state index in [9.17, 15) is 14.2 Å². The van der Waals surface area contributed by atoms with E-state index in [4.69, 9.17) is 18.5 Å². The first-order chi connectivity index (χ1) is 18.3. The monoisotopic (exact) mass is 550 g/mol. The molecule has 0 saturated heterocycles. The van der Waals surface area contributed by atoms with Crippen LogP contribution in [0, 0.1) is 0 Å². The third-order valence-electron chi connectivity index (χ3n) is 5.84. The lowest BCUT2D eigenvalue weighted by atomic mass is 10.1. The highest BCUT2D eigenvalue weighted by molar-refractivity contribution is 7.62. The summed E-state index contributed by atoms with van der Waals surface area (Å²) in [7, 11) is -3.36. The van der Waals surface area contributed by atoms with E-state index in [1.54, 1.807) is 26.0 Å². The quantitative estimate of drug-likeness (QED) is 0.0605. The molecule has 0 atom stereocenters. The van der Waals surface area contributed by atoms with Crippen LogP contribution in [0.5, 0.6) is 0 Å². The number of hydrogen-bond donors (Lipinski definition) is 0. The molecule has 1 aromatic carbocycles. The molecule has 1 aromatic rings. The van der Waals surface area contributed by atoms with Gasteiger partial charge in [-0.25, -0.2) is 9.59 Å². The van der Waals surface area contributed by atoms with Crippen molar-refractivity contribution in [2.75, 3.05) is 26.4 Å². The smallest absolute Gasteiger partial charge is 0.361 e. The Hall–Kier alpha value is -2.21. The van der Waals surface area contributed by atoms with Gasteiger partial charge in [0.05, 0.1) is 31.7 Å². The lowest BCUT2D eigenvalue weighted by Gasteiger charge is -2.19. The van der Waals surface area contributed by atoms with Crippen LogP contribution in [0.2, 0.25) is 0 Å². The fourth-order valence-electron chi connectivity index (χ4n) is 3.56. The van der Waals surface area contributed by atoms with Crippen molar-refractivity contribution >= 4 is 24.8 Å². The van der Waals surface area contributed by atoms with E-state index < -0.39 is 7.60 Å². The minimum absolute atomic E-state index is 0.331. The van der Waals surface area contributed by atoms with Gasteiger partial charge in [-0.1, -0.05) is 82.7 Å². The van der Waals surface area contributed by atoms with Crippen LogP contribution in [0.25, 0.3) is 0 Å². The highest BCUT2D eigenvalue weighted by atomic mass is 31.2. The van der Waals surface area contributed by atoms with Crippen molar-refractivity contribution in [3.05, 3.63) is 54.6 Å². The molecule has 0 aliphatic rings. The molecule has 0 bridgehead atoms. The molecular weight excluding hydrogens is 503 g/mol. The zero-order chi connectivity index (χ0) is 28.1. The van der Waals surface area contributed by atoms with Gasteiger partial charge < -0.3 is 18.5 Å². The van der Waals surface area contributed by atoms with E-state index >= 15 is 0 Å². The van der Waals surface area contributed by atoms with E-state index in [2.05, 4.69) is 13.2 Å². The number of ether oxygens (including phenoxy) is 2. The molecule has 38 heavy (non-hydrogen) atoms. The topological polar surface area (TPSA) is 88.1 Å². The molecule has 0 saturated carbocycles. The van der Waals surface area contributed by atoms with E-state index in [0.717, 1.165) is 77.0 Å². The summed E-state index contributed by atoms with van der Waals surface area (Å²) in [6.45, 7) is 12.1. The Morgan fingerprint density at radius 2 is 0.947 bits per heavy atom. The van der Waals surface area contributed by atoms with Crippen LogP contribution in [0.3, 0.4) is 0 Å². The lowest BCUT2D eigenvalue weighted by molar-refractivity contribution is -0.139. The first-order valence-corrected chi connectivity index (χ1v) is 15.4. The molecule has 0 unspecified atom stereocenters. The second-order valence-corrected chi connectivity index (χ2v) is 11.6. The predicted molar refractivity (Wildman–Crippen MR) is 153 cm³/mol. The Morgan fingerprint density at radius 3 is 1.32 bits per heavy atom. The van der Waals surface area contributed by atoms with Gasteiger partial charge in [0.25, 0.3) is 0 Å². The molecule has 0 amide bonds. The minimum Gasteiger partial charge on any atom is -0.462 e. The Bertz CT molecular complexity index is 832. The first kappa shape index (κ1) is 33.8. The summed E-state index contributed by atoms with van der Waals surface area (Å²) in [5, 5.41) is 0.591. The van der Waals surface area contributed by atoms with Crippen LogP contribution in [0.1, 0.15) is 90.9 Å². The Kier molecular flexibility index (Phi) is 18.4. The maximum atomic E-state index is 13.5. The molecule has 0 aromatic heterocycles. The van der Waals surface area contributed by atoms with E-state index in [1.165, 1.54) is 0 Å². The van der Waals surface area contributed by atoms with Gasteiger partial charge in [0.15, 0.2) is 0 Å². The number of unbranched alkanes of at least 4 members (excludes halogenated alkanes) is 10. The largest absolute Gasteiger partial charge is 0.462 e. The summed E-state index contributed by atoms with van der Waals surface area (Å²) in [4.78, 5) is 22.7. The molecule has 214 valence electrons. The molecule has 7 nitrogen and oxygen atoms in total. The average Bonchev–Trinajstić information content (AvgIpc) is 2.90. The summed E-state index contributed by atoms with van der Waals surface area (Å²) < 4.78 is 35.4. The van der Waals surface area contributed by atoms with Crippen LogP contribution < -0.4 is 5.30 Å². The summed E-state index contributed by atoms with van der Waals surface area (Å²) >= 11 is 0. The summed E-state index contributed by atoms with van der Waals surface area (Å²) in [5.41, 5.74) is 0.850. The van der Waals surface area contributed by atoms with Gasteiger partial charge in [-0.2, -0.15) is 0 Å². The zero-order valence-corrected chi connectivity index (χ0v) is 24.3. The SMILES string of the molecule is C=C(C)C(=O)OCCCCCCCCOP(=O)(OCCCCCCCCOC(=O)C(=C)C)c1ccccc1. The standard InChI is InChI=1S/C30H47O7P/c1-26(2)29(31)34-22-16-9-5-7-11-18-24-36-38(33,28-20-14-13-15-21-28)37-25-19-12-8-6-10-17-23-35-30(32)27(3)4/h13-15,20-21H,1,3,5-12,16-19,22-25H2,2,4H3. The number of rotatable bonds is 23. The second-order valence-electron chi connectivity index (χ2n) is 9.57. The average molecular weight is 551 g/mol. The van der Waals surface area contributed by atoms with Crippen LogP contribution >= 0.6 is 7.60 Å². The zero-order valence-electron chi connectivity index (χ0n) is 23.4. The third-order valence-corrected chi connectivity index (χ3v) is 7.81. The number of benzene rings is 1. The molecule has 0 fully saturated rings. The molecular formula is C30H47O7P. The van der Waals surface area contributed by atoms with Crippen molar-refractivity contribution in [2.24, 2.45) is 0 Å². The first-order valence-electron chi connectivity index (χ1n) is 13.9. The van der Waals surface area contributed by atoms with Crippen molar-refractivity contribution in [1.29, 1.82) is 0 Å². The number of carbonyl (C=O) groups excluding carboxylic acids is 2. The van der Waals surface area contributed by atoms with Gasteiger partial charge in [0, 0.05) is 11.1 Å². The highest BCUT2D eigenvalue weighted by Gasteiger charge is 2.27. The van der Waals surface area contributed by atoms with Crippen molar-refractivity contribution in [2.45, 2.75) is 90.9 Å². The van der Waals surface area contributed by atoms with Crippen molar-refractivity contribution in [1.82, 2.24) is 0 Å². The van der Waals surface area contributed by atoms with Gasteiger partial charge in [-0.3, -0.25) is 4.57 Å². The highest BCUT2D eigenvalue weighted by Crippen LogP contribution is 2.47. The summed E-state index contributed by atoms with van der Waals surface area (Å²) in [6.07, 6.45) is 11.5. The number of hydrogen-bond acceptors (Lipinski definition) is 7. The minimum atomic E-state index is -3.36. The molecule has 0 radical (unpaired) electrons. The molecule has 0 spiro atoms. The van der Waals surface area contributed by atoms with Crippen LogP contribution in [-0.4, -0.2) is 38.4 Å².